The fraction of sp³-hybridized carbons (Fsp3) is 0.364. The van der Waals surface area contributed by atoms with E-state index in [1.54, 1.807) is 24.3 Å². The lowest BCUT2D eigenvalue weighted by molar-refractivity contribution is -0.135. The first kappa shape index (κ1) is 24.8. The van der Waals surface area contributed by atoms with Gasteiger partial charge in [-0.1, -0.05) is 72.1 Å². The zero-order valence-electron chi connectivity index (χ0n) is 16.3. The molecule has 0 fully saturated rings. The normalized spacial score (nSPS) is 10.7. The molecule has 0 amide bonds. The van der Waals surface area contributed by atoms with Crippen LogP contribution in [0.2, 0.25) is 20.1 Å². The summed E-state index contributed by atoms with van der Waals surface area (Å²) in [4.78, 5) is 23.8. The van der Waals surface area contributed by atoms with Gasteiger partial charge < -0.3 is 9.47 Å². The molecule has 0 saturated carbocycles. The Balaban J connectivity index is 1.52. The van der Waals surface area contributed by atoms with Crippen LogP contribution in [0.1, 0.15) is 51.4 Å². The Hall–Kier alpha value is -1.46. The molecule has 0 aliphatic carbocycles. The number of carbonyl (C=O) groups is 2. The molecule has 162 valence electrons. The SMILES string of the molecule is O=C(CCCCCCCCC(=O)Oc1cc(Cl)ccc1Cl)Oc1cc(Cl)ccc1Cl. The molecule has 0 bridgehead atoms. The van der Waals surface area contributed by atoms with Gasteiger partial charge in [0.05, 0.1) is 10.0 Å². The van der Waals surface area contributed by atoms with Gasteiger partial charge in [-0.3, -0.25) is 9.59 Å². The maximum atomic E-state index is 11.9. The van der Waals surface area contributed by atoms with Gasteiger partial charge in [-0.2, -0.15) is 0 Å². The quantitative estimate of drug-likeness (QED) is 0.182. The molecule has 0 aromatic heterocycles. The van der Waals surface area contributed by atoms with Crippen molar-refractivity contribution in [3.8, 4) is 11.5 Å². The van der Waals surface area contributed by atoms with Gasteiger partial charge in [-0.25, -0.2) is 0 Å². The van der Waals surface area contributed by atoms with E-state index in [2.05, 4.69) is 0 Å². The zero-order chi connectivity index (χ0) is 21.9. The summed E-state index contributed by atoms with van der Waals surface area (Å²) in [6.07, 6.45) is 5.84. The van der Waals surface area contributed by atoms with E-state index in [1.165, 1.54) is 12.1 Å². The maximum absolute atomic E-state index is 11.9. The Morgan fingerprint density at radius 1 is 0.600 bits per heavy atom. The van der Waals surface area contributed by atoms with Crippen LogP contribution < -0.4 is 9.47 Å². The fourth-order valence-corrected chi connectivity index (χ4v) is 3.34. The van der Waals surface area contributed by atoms with Crippen LogP contribution >= 0.6 is 46.4 Å². The number of hydrogen-bond acceptors (Lipinski definition) is 4. The highest BCUT2D eigenvalue weighted by molar-refractivity contribution is 6.34. The Morgan fingerprint density at radius 3 is 1.37 bits per heavy atom. The minimum Gasteiger partial charge on any atom is -0.425 e. The minimum atomic E-state index is -0.332. The van der Waals surface area contributed by atoms with E-state index in [4.69, 9.17) is 55.9 Å². The lowest BCUT2D eigenvalue weighted by Gasteiger charge is -2.07. The van der Waals surface area contributed by atoms with E-state index < -0.39 is 0 Å². The third kappa shape index (κ3) is 9.13. The molecule has 8 heteroatoms. The predicted molar refractivity (Wildman–Crippen MR) is 121 cm³/mol. The second kappa shape index (κ2) is 13.1. The molecule has 2 aromatic rings. The Morgan fingerprint density at radius 2 is 0.967 bits per heavy atom. The van der Waals surface area contributed by atoms with Gasteiger partial charge in [0, 0.05) is 35.0 Å². The third-order valence-corrected chi connectivity index (χ3v) is 5.34. The summed E-state index contributed by atoms with van der Waals surface area (Å²) >= 11 is 23.7. The van der Waals surface area contributed by atoms with Crippen LogP contribution in [0.25, 0.3) is 0 Å². The molecular formula is C22H22Cl4O4. The summed E-state index contributed by atoms with van der Waals surface area (Å²) in [5, 5.41) is 1.62. The van der Waals surface area contributed by atoms with Crippen molar-refractivity contribution in [1.29, 1.82) is 0 Å². The first-order valence-corrected chi connectivity index (χ1v) is 11.2. The van der Waals surface area contributed by atoms with Crippen molar-refractivity contribution in [3.05, 3.63) is 56.5 Å². The van der Waals surface area contributed by atoms with Gasteiger partial charge in [0.25, 0.3) is 0 Å². The number of unbranched alkanes of at least 4 members (excludes halogenated alkanes) is 5. The largest absolute Gasteiger partial charge is 0.425 e. The van der Waals surface area contributed by atoms with Crippen LogP contribution in [0.3, 0.4) is 0 Å². The average molecular weight is 492 g/mol. The average Bonchev–Trinajstić information content (AvgIpc) is 2.69. The Labute approximate surface area is 196 Å². The Bertz CT molecular complexity index is 799. The first-order valence-electron chi connectivity index (χ1n) is 9.66. The van der Waals surface area contributed by atoms with Gasteiger partial charge in [-0.05, 0) is 37.1 Å². The molecule has 0 unspecified atom stereocenters. The molecule has 0 saturated heterocycles. The molecule has 4 nitrogen and oxygen atoms in total. The topological polar surface area (TPSA) is 52.6 Å². The summed E-state index contributed by atoms with van der Waals surface area (Å²) < 4.78 is 10.5. The highest BCUT2D eigenvalue weighted by Crippen LogP contribution is 2.29. The predicted octanol–water partition coefficient (Wildman–Crippen LogP) is 7.93. The van der Waals surface area contributed by atoms with Crippen LogP contribution in [0.5, 0.6) is 11.5 Å². The lowest BCUT2D eigenvalue weighted by atomic mass is 10.1. The fourth-order valence-electron chi connectivity index (χ4n) is 2.70. The van der Waals surface area contributed by atoms with E-state index >= 15 is 0 Å². The van der Waals surface area contributed by atoms with Crippen LogP contribution in [-0.2, 0) is 9.59 Å². The number of esters is 2. The standard InChI is InChI=1S/C22H22Cl4O4/c23-15-9-11-17(25)19(13-15)29-21(27)7-5-3-1-2-4-6-8-22(28)30-20-14-16(24)10-12-18(20)26/h9-14H,1-8H2. The van der Waals surface area contributed by atoms with E-state index in [-0.39, 0.29) is 23.4 Å². The van der Waals surface area contributed by atoms with Crippen molar-refractivity contribution in [2.75, 3.05) is 0 Å². The number of halogens is 4. The summed E-state index contributed by atoms with van der Waals surface area (Å²) in [6.45, 7) is 0. The van der Waals surface area contributed by atoms with Crippen molar-refractivity contribution in [2.24, 2.45) is 0 Å². The van der Waals surface area contributed by atoms with Gasteiger partial charge in [0.15, 0.2) is 11.5 Å². The molecule has 0 aliphatic rings. The molecule has 2 rings (SSSR count). The molecule has 0 aliphatic heterocycles. The van der Waals surface area contributed by atoms with Crippen molar-refractivity contribution >= 4 is 58.3 Å². The highest BCUT2D eigenvalue weighted by Gasteiger charge is 2.10. The number of ether oxygens (including phenoxy) is 2. The minimum absolute atomic E-state index is 0.278. The third-order valence-electron chi connectivity index (χ3n) is 4.25. The number of rotatable bonds is 11. The molecule has 0 N–H and O–H groups in total. The van der Waals surface area contributed by atoms with Crippen LogP contribution in [0.15, 0.2) is 36.4 Å². The molecule has 2 aromatic carbocycles. The molecule has 0 spiro atoms. The van der Waals surface area contributed by atoms with Crippen LogP contribution in [-0.4, -0.2) is 11.9 Å². The number of carbonyl (C=O) groups excluding carboxylic acids is 2. The van der Waals surface area contributed by atoms with E-state index in [9.17, 15) is 9.59 Å². The maximum Gasteiger partial charge on any atom is 0.311 e. The van der Waals surface area contributed by atoms with E-state index in [0.717, 1.165) is 38.5 Å². The highest BCUT2D eigenvalue weighted by atomic mass is 35.5. The summed E-state index contributed by atoms with van der Waals surface area (Å²) in [5.41, 5.74) is 0. The Kier molecular flexibility index (Phi) is 10.8. The molecular weight excluding hydrogens is 470 g/mol. The van der Waals surface area contributed by atoms with Gasteiger partial charge in [-0.15, -0.1) is 0 Å². The number of benzene rings is 2. The van der Waals surface area contributed by atoms with Crippen molar-refractivity contribution in [3.63, 3.8) is 0 Å². The van der Waals surface area contributed by atoms with Crippen molar-refractivity contribution in [1.82, 2.24) is 0 Å². The van der Waals surface area contributed by atoms with E-state index in [0.29, 0.717) is 32.9 Å². The van der Waals surface area contributed by atoms with E-state index in [1.807, 2.05) is 0 Å². The number of hydrogen-bond donors (Lipinski definition) is 0. The van der Waals surface area contributed by atoms with Crippen LogP contribution in [0.4, 0.5) is 0 Å². The molecule has 0 heterocycles. The second-order valence-electron chi connectivity index (χ2n) is 6.72. The van der Waals surface area contributed by atoms with Crippen molar-refractivity contribution < 1.29 is 19.1 Å². The molecule has 0 atom stereocenters. The van der Waals surface area contributed by atoms with Gasteiger partial charge >= 0.3 is 11.9 Å². The lowest BCUT2D eigenvalue weighted by Crippen LogP contribution is -2.08. The second-order valence-corrected chi connectivity index (χ2v) is 8.41. The summed E-state index contributed by atoms with van der Waals surface area (Å²) in [5.74, 6) is -0.108. The first-order chi connectivity index (χ1) is 14.3. The van der Waals surface area contributed by atoms with Crippen LogP contribution in [0, 0.1) is 0 Å². The van der Waals surface area contributed by atoms with Gasteiger partial charge in [0.2, 0.25) is 0 Å². The smallest absolute Gasteiger partial charge is 0.311 e. The van der Waals surface area contributed by atoms with Gasteiger partial charge in [0.1, 0.15) is 0 Å². The monoisotopic (exact) mass is 490 g/mol. The molecule has 0 radical (unpaired) electrons. The summed E-state index contributed by atoms with van der Waals surface area (Å²) in [7, 11) is 0. The summed E-state index contributed by atoms with van der Waals surface area (Å²) in [6, 6.07) is 9.48. The van der Waals surface area contributed by atoms with Crippen molar-refractivity contribution in [2.45, 2.75) is 51.4 Å². The molecule has 30 heavy (non-hydrogen) atoms. The zero-order valence-corrected chi connectivity index (χ0v) is 19.3.